The summed E-state index contributed by atoms with van der Waals surface area (Å²) in [6, 6.07) is 8.84. The molecule has 0 bridgehead atoms. The standard InChI is InChI=1S/C17H26N2O2S/c1-13-3-5-15(6-4-13)11-17(9-10-17)19-14(2)12-18-22(20,21)16-7-8-16/h3-6,14,16,18-19H,7-12H2,1-2H3. The molecule has 22 heavy (non-hydrogen) atoms. The summed E-state index contributed by atoms with van der Waals surface area (Å²) in [4.78, 5) is 0. The molecule has 4 nitrogen and oxygen atoms in total. The smallest absolute Gasteiger partial charge is 0.214 e. The van der Waals surface area contributed by atoms with Crippen LogP contribution in [0.15, 0.2) is 24.3 Å². The lowest BCUT2D eigenvalue weighted by atomic mass is 10.0. The number of hydrogen-bond acceptors (Lipinski definition) is 3. The molecule has 2 aliphatic carbocycles. The number of hydrogen-bond donors (Lipinski definition) is 2. The average Bonchev–Trinajstić information content (AvgIpc) is 3.34. The lowest BCUT2D eigenvalue weighted by Gasteiger charge is -2.23. The van der Waals surface area contributed by atoms with Gasteiger partial charge in [0.25, 0.3) is 0 Å². The summed E-state index contributed by atoms with van der Waals surface area (Å²) < 4.78 is 26.5. The maximum absolute atomic E-state index is 11.9. The molecule has 0 aliphatic heterocycles. The van der Waals surface area contributed by atoms with Gasteiger partial charge in [-0.3, -0.25) is 0 Å². The van der Waals surface area contributed by atoms with Gasteiger partial charge in [-0.05, 0) is 51.5 Å². The van der Waals surface area contributed by atoms with E-state index >= 15 is 0 Å². The van der Waals surface area contributed by atoms with Gasteiger partial charge in [0.05, 0.1) is 5.25 Å². The topological polar surface area (TPSA) is 58.2 Å². The van der Waals surface area contributed by atoms with Crippen LogP contribution >= 0.6 is 0 Å². The van der Waals surface area contributed by atoms with Crippen molar-refractivity contribution >= 4 is 10.0 Å². The zero-order valence-electron chi connectivity index (χ0n) is 13.4. The molecule has 0 aromatic heterocycles. The number of nitrogens with one attached hydrogen (secondary N) is 2. The number of benzene rings is 1. The molecule has 5 heteroatoms. The molecule has 122 valence electrons. The monoisotopic (exact) mass is 322 g/mol. The van der Waals surface area contributed by atoms with Crippen LogP contribution in [0.5, 0.6) is 0 Å². The molecule has 0 heterocycles. The Morgan fingerprint density at radius 3 is 2.41 bits per heavy atom. The zero-order valence-corrected chi connectivity index (χ0v) is 14.2. The van der Waals surface area contributed by atoms with Gasteiger partial charge in [-0.15, -0.1) is 0 Å². The fourth-order valence-corrected chi connectivity index (χ4v) is 4.41. The first-order valence-electron chi connectivity index (χ1n) is 8.20. The van der Waals surface area contributed by atoms with Gasteiger partial charge < -0.3 is 5.32 Å². The van der Waals surface area contributed by atoms with Crippen molar-refractivity contribution in [2.24, 2.45) is 0 Å². The van der Waals surface area contributed by atoms with Crippen LogP contribution in [0.2, 0.25) is 0 Å². The minimum atomic E-state index is -3.07. The van der Waals surface area contributed by atoms with Crippen LogP contribution in [0.4, 0.5) is 0 Å². The highest BCUT2D eigenvalue weighted by Gasteiger charge is 2.43. The van der Waals surface area contributed by atoms with E-state index in [9.17, 15) is 8.42 Å². The highest BCUT2D eigenvalue weighted by molar-refractivity contribution is 7.90. The highest BCUT2D eigenvalue weighted by Crippen LogP contribution is 2.39. The summed E-state index contributed by atoms with van der Waals surface area (Å²) >= 11 is 0. The van der Waals surface area contributed by atoms with Gasteiger partial charge in [-0.1, -0.05) is 29.8 Å². The summed E-state index contributed by atoms with van der Waals surface area (Å²) in [5.74, 6) is 0. The molecule has 0 spiro atoms. The molecule has 2 fully saturated rings. The Hall–Kier alpha value is -0.910. The maximum Gasteiger partial charge on any atom is 0.214 e. The van der Waals surface area contributed by atoms with E-state index in [0.29, 0.717) is 6.54 Å². The normalized spacial score (nSPS) is 21.5. The van der Waals surface area contributed by atoms with Crippen molar-refractivity contribution in [3.8, 4) is 0 Å². The second kappa shape index (κ2) is 5.95. The van der Waals surface area contributed by atoms with Gasteiger partial charge in [0.1, 0.15) is 0 Å². The van der Waals surface area contributed by atoms with Crippen LogP contribution in [0.25, 0.3) is 0 Å². The van der Waals surface area contributed by atoms with E-state index < -0.39 is 10.0 Å². The molecule has 0 amide bonds. The Kier molecular flexibility index (Phi) is 4.32. The molecule has 1 atom stereocenters. The fraction of sp³-hybridized carbons (Fsp3) is 0.647. The average molecular weight is 322 g/mol. The van der Waals surface area contributed by atoms with Gasteiger partial charge in [0, 0.05) is 18.1 Å². The van der Waals surface area contributed by atoms with Crippen LogP contribution in [-0.2, 0) is 16.4 Å². The molecule has 1 aromatic carbocycles. The van der Waals surface area contributed by atoms with Gasteiger partial charge >= 0.3 is 0 Å². The number of sulfonamides is 1. The van der Waals surface area contributed by atoms with Gasteiger partial charge in [0.15, 0.2) is 0 Å². The quantitative estimate of drug-likeness (QED) is 0.771. The van der Waals surface area contributed by atoms with E-state index in [-0.39, 0.29) is 16.8 Å². The molecule has 0 saturated heterocycles. The van der Waals surface area contributed by atoms with E-state index in [1.165, 1.54) is 24.0 Å². The van der Waals surface area contributed by atoms with E-state index in [2.05, 4.69) is 48.2 Å². The first kappa shape index (κ1) is 16.0. The fourth-order valence-electron chi connectivity index (χ4n) is 2.93. The van der Waals surface area contributed by atoms with Gasteiger partial charge in [-0.2, -0.15) is 0 Å². The first-order valence-corrected chi connectivity index (χ1v) is 9.75. The molecule has 1 unspecified atom stereocenters. The Labute approximate surface area is 133 Å². The summed E-state index contributed by atoms with van der Waals surface area (Å²) in [5.41, 5.74) is 2.80. The third-order valence-corrected chi connectivity index (χ3v) is 6.54. The van der Waals surface area contributed by atoms with Crippen molar-refractivity contribution in [1.82, 2.24) is 10.0 Å². The van der Waals surface area contributed by atoms with Crippen molar-refractivity contribution in [2.75, 3.05) is 6.54 Å². The van der Waals surface area contributed by atoms with E-state index in [1.54, 1.807) is 0 Å². The summed E-state index contributed by atoms with van der Waals surface area (Å²) in [7, 11) is -3.07. The Bertz CT molecular complexity index is 617. The third-order valence-electron chi connectivity index (χ3n) is 4.62. The molecule has 3 rings (SSSR count). The SMILES string of the molecule is Cc1ccc(CC2(NC(C)CNS(=O)(=O)C3CC3)CC2)cc1. The molecule has 2 aliphatic rings. The molecular formula is C17H26N2O2S. The highest BCUT2D eigenvalue weighted by atomic mass is 32.2. The Morgan fingerprint density at radius 1 is 1.23 bits per heavy atom. The predicted octanol–water partition coefficient (Wildman–Crippen LogP) is 2.13. The zero-order chi connectivity index (χ0) is 15.8. The molecule has 0 radical (unpaired) electrons. The number of aryl methyl sites for hydroxylation is 1. The summed E-state index contributed by atoms with van der Waals surface area (Å²) in [5, 5.41) is 3.50. The lowest BCUT2D eigenvalue weighted by molar-refractivity contribution is 0.421. The van der Waals surface area contributed by atoms with Crippen molar-refractivity contribution in [3.05, 3.63) is 35.4 Å². The van der Waals surface area contributed by atoms with Crippen molar-refractivity contribution in [1.29, 1.82) is 0 Å². The van der Waals surface area contributed by atoms with E-state index in [0.717, 1.165) is 19.3 Å². The summed E-state index contributed by atoms with van der Waals surface area (Å²) in [6.45, 7) is 4.64. The van der Waals surface area contributed by atoms with Crippen LogP contribution in [0.3, 0.4) is 0 Å². The first-order chi connectivity index (χ1) is 10.4. The molecule has 1 aromatic rings. The van der Waals surface area contributed by atoms with Crippen molar-refractivity contribution in [2.45, 2.75) is 62.8 Å². The Morgan fingerprint density at radius 2 is 1.86 bits per heavy atom. The van der Waals surface area contributed by atoms with Crippen LogP contribution < -0.4 is 10.0 Å². The lowest BCUT2D eigenvalue weighted by Crippen LogP contribution is -2.46. The van der Waals surface area contributed by atoms with Gasteiger partial charge in [-0.25, -0.2) is 13.1 Å². The molecular weight excluding hydrogens is 296 g/mol. The van der Waals surface area contributed by atoms with Crippen LogP contribution in [0.1, 0.15) is 43.7 Å². The predicted molar refractivity (Wildman–Crippen MR) is 89.4 cm³/mol. The third kappa shape index (κ3) is 4.09. The molecule has 2 N–H and O–H groups in total. The van der Waals surface area contributed by atoms with Crippen LogP contribution in [0, 0.1) is 6.92 Å². The minimum absolute atomic E-state index is 0.137. The minimum Gasteiger partial charge on any atom is -0.307 e. The van der Waals surface area contributed by atoms with Crippen LogP contribution in [-0.4, -0.2) is 31.8 Å². The maximum atomic E-state index is 11.9. The largest absolute Gasteiger partial charge is 0.307 e. The van der Waals surface area contributed by atoms with Crippen molar-refractivity contribution in [3.63, 3.8) is 0 Å². The Balaban J connectivity index is 1.50. The summed E-state index contributed by atoms with van der Waals surface area (Å²) in [6.07, 6.45) is 4.98. The van der Waals surface area contributed by atoms with E-state index in [4.69, 9.17) is 0 Å². The molecule has 2 saturated carbocycles. The van der Waals surface area contributed by atoms with Gasteiger partial charge in [0.2, 0.25) is 10.0 Å². The second-order valence-corrected chi connectivity index (χ2v) is 9.13. The number of rotatable bonds is 8. The van der Waals surface area contributed by atoms with E-state index in [1.807, 2.05) is 0 Å². The second-order valence-electron chi connectivity index (χ2n) is 7.08. The van der Waals surface area contributed by atoms with Crippen molar-refractivity contribution < 1.29 is 8.42 Å².